The fourth-order valence-corrected chi connectivity index (χ4v) is 0.780. The first-order chi connectivity index (χ1) is 4.18. The Morgan fingerprint density at radius 1 is 1.33 bits per heavy atom. The van der Waals surface area contributed by atoms with Gasteiger partial charge in [-0.25, -0.2) is 0 Å². The molecule has 9 heavy (non-hydrogen) atoms. The van der Waals surface area contributed by atoms with E-state index in [0.717, 1.165) is 13.0 Å². The summed E-state index contributed by atoms with van der Waals surface area (Å²) in [5.74, 6) is 0. The average Bonchev–Trinajstić information content (AvgIpc) is 1.89. The van der Waals surface area contributed by atoms with Crippen molar-refractivity contribution in [2.45, 2.75) is 32.9 Å². The van der Waals surface area contributed by atoms with Crippen LogP contribution in [0.5, 0.6) is 0 Å². The monoisotopic (exact) mass is 130 g/mol. The Hall–Kier alpha value is -0.0800. The van der Waals surface area contributed by atoms with Crippen LogP contribution in [-0.2, 0) is 0 Å². The maximum absolute atomic E-state index is 3.35. The second kappa shape index (κ2) is 3.85. The predicted octanol–water partition coefficient (Wildman–Crippen LogP) is 0.942. The van der Waals surface area contributed by atoms with E-state index in [9.17, 15) is 0 Å². The van der Waals surface area contributed by atoms with Gasteiger partial charge in [0.1, 0.15) is 0 Å². The molecular weight excluding hydrogens is 112 g/mol. The summed E-state index contributed by atoms with van der Waals surface area (Å²) in [4.78, 5) is 0. The second-order valence-electron chi connectivity index (χ2n) is 2.47. The van der Waals surface area contributed by atoms with Crippen molar-refractivity contribution < 1.29 is 0 Å². The number of hydrogen-bond acceptors (Lipinski definition) is 2. The summed E-state index contributed by atoms with van der Waals surface area (Å²) in [6, 6.07) is 0. The molecule has 2 nitrogen and oxygen atoms in total. The van der Waals surface area contributed by atoms with Gasteiger partial charge < -0.3 is 5.32 Å². The van der Waals surface area contributed by atoms with Crippen LogP contribution in [0.4, 0.5) is 0 Å². The minimum absolute atomic E-state index is 0.134. The van der Waals surface area contributed by atoms with Gasteiger partial charge in [0.15, 0.2) is 0 Å². The van der Waals surface area contributed by atoms with Crippen molar-refractivity contribution in [1.29, 1.82) is 0 Å². The topological polar surface area (TPSA) is 24.1 Å². The van der Waals surface area contributed by atoms with Crippen LogP contribution < -0.4 is 10.6 Å². The third-order valence-electron chi connectivity index (χ3n) is 1.83. The molecule has 0 aliphatic heterocycles. The highest BCUT2D eigenvalue weighted by Gasteiger charge is 2.15. The molecule has 0 radical (unpaired) electrons. The van der Waals surface area contributed by atoms with Gasteiger partial charge in [0.25, 0.3) is 0 Å². The first-order valence-corrected chi connectivity index (χ1v) is 3.62. The van der Waals surface area contributed by atoms with Gasteiger partial charge in [-0.1, -0.05) is 13.8 Å². The largest absolute Gasteiger partial charge is 0.303 e. The summed E-state index contributed by atoms with van der Waals surface area (Å²) >= 11 is 0. The van der Waals surface area contributed by atoms with E-state index < -0.39 is 0 Å². The molecule has 0 rings (SSSR count). The molecule has 0 amide bonds. The highest BCUT2D eigenvalue weighted by atomic mass is 15.2. The van der Waals surface area contributed by atoms with Crippen LogP contribution in [0.1, 0.15) is 27.2 Å². The Morgan fingerprint density at radius 3 is 2.00 bits per heavy atom. The fourth-order valence-electron chi connectivity index (χ4n) is 0.780. The molecule has 0 saturated heterocycles. The Labute approximate surface area is 58.0 Å². The van der Waals surface area contributed by atoms with E-state index in [0.29, 0.717) is 0 Å². The van der Waals surface area contributed by atoms with Crippen molar-refractivity contribution in [2.24, 2.45) is 0 Å². The lowest BCUT2D eigenvalue weighted by atomic mass is 10.1. The van der Waals surface area contributed by atoms with E-state index in [4.69, 9.17) is 0 Å². The first-order valence-electron chi connectivity index (χ1n) is 3.62. The maximum atomic E-state index is 3.35. The highest BCUT2D eigenvalue weighted by Crippen LogP contribution is 2.01. The SMILES string of the molecule is CCNC(C)(CC)NC. The quantitative estimate of drug-likeness (QED) is 0.553. The van der Waals surface area contributed by atoms with Gasteiger partial charge in [-0.15, -0.1) is 0 Å². The van der Waals surface area contributed by atoms with E-state index in [1.54, 1.807) is 0 Å². The van der Waals surface area contributed by atoms with Crippen LogP contribution in [0, 0.1) is 0 Å². The molecule has 0 aromatic heterocycles. The third kappa shape index (κ3) is 2.82. The number of rotatable bonds is 4. The summed E-state index contributed by atoms with van der Waals surface area (Å²) < 4.78 is 0. The van der Waals surface area contributed by atoms with Crippen molar-refractivity contribution in [1.82, 2.24) is 10.6 Å². The number of hydrogen-bond donors (Lipinski definition) is 2. The smallest absolute Gasteiger partial charge is 0.0652 e. The molecule has 2 heteroatoms. The van der Waals surface area contributed by atoms with Crippen LogP contribution in [0.3, 0.4) is 0 Å². The average molecular weight is 130 g/mol. The van der Waals surface area contributed by atoms with E-state index in [1.807, 2.05) is 7.05 Å². The summed E-state index contributed by atoms with van der Waals surface area (Å²) in [7, 11) is 1.98. The first kappa shape index (κ1) is 8.92. The molecule has 0 aliphatic rings. The summed E-state index contributed by atoms with van der Waals surface area (Å²) in [6.07, 6.45) is 1.11. The van der Waals surface area contributed by atoms with E-state index in [1.165, 1.54) is 0 Å². The lowest BCUT2D eigenvalue weighted by Gasteiger charge is -2.28. The molecule has 0 aromatic rings. The second-order valence-corrected chi connectivity index (χ2v) is 2.47. The standard InChI is InChI=1S/C7H18N2/c1-5-7(3,8-4)9-6-2/h8-9H,5-6H2,1-4H3. The Morgan fingerprint density at radius 2 is 1.89 bits per heavy atom. The predicted molar refractivity (Wildman–Crippen MR) is 41.4 cm³/mol. The van der Waals surface area contributed by atoms with Gasteiger partial charge >= 0.3 is 0 Å². The Balaban J connectivity index is 3.62. The summed E-state index contributed by atoms with van der Waals surface area (Å²) in [5, 5.41) is 6.57. The van der Waals surface area contributed by atoms with Gasteiger partial charge in [0, 0.05) is 0 Å². The van der Waals surface area contributed by atoms with Crippen LogP contribution in [-0.4, -0.2) is 19.3 Å². The van der Waals surface area contributed by atoms with Crippen LogP contribution >= 0.6 is 0 Å². The van der Waals surface area contributed by atoms with Gasteiger partial charge in [-0.3, -0.25) is 5.32 Å². The minimum atomic E-state index is 0.134. The molecule has 0 fully saturated rings. The van der Waals surface area contributed by atoms with Gasteiger partial charge in [0.05, 0.1) is 5.66 Å². The lowest BCUT2D eigenvalue weighted by Crippen LogP contribution is -2.52. The molecule has 0 aromatic carbocycles. The van der Waals surface area contributed by atoms with Crippen molar-refractivity contribution in [3.05, 3.63) is 0 Å². The van der Waals surface area contributed by atoms with E-state index in [-0.39, 0.29) is 5.66 Å². The fraction of sp³-hybridized carbons (Fsp3) is 1.00. The molecular formula is C7H18N2. The third-order valence-corrected chi connectivity index (χ3v) is 1.83. The summed E-state index contributed by atoms with van der Waals surface area (Å²) in [6.45, 7) is 7.46. The van der Waals surface area contributed by atoms with Crippen molar-refractivity contribution in [2.75, 3.05) is 13.6 Å². The maximum Gasteiger partial charge on any atom is 0.0652 e. The molecule has 1 atom stereocenters. The van der Waals surface area contributed by atoms with Gasteiger partial charge in [-0.05, 0) is 26.9 Å². The molecule has 0 bridgehead atoms. The zero-order valence-electron chi connectivity index (χ0n) is 6.91. The van der Waals surface area contributed by atoms with Crippen LogP contribution in [0.15, 0.2) is 0 Å². The molecule has 56 valence electrons. The van der Waals surface area contributed by atoms with Gasteiger partial charge in [0.2, 0.25) is 0 Å². The molecule has 2 N–H and O–H groups in total. The van der Waals surface area contributed by atoms with E-state index in [2.05, 4.69) is 31.4 Å². The Bertz CT molecular complexity index is 67.3. The minimum Gasteiger partial charge on any atom is -0.303 e. The normalized spacial score (nSPS) is 17.3. The van der Waals surface area contributed by atoms with Crippen LogP contribution in [0.25, 0.3) is 0 Å². The Kier molecular flexibility index (Phi) is 3.82. The highest BCUT2D eigenvalue weighted by molar-refractivity contribution is 4.75. The van der Waals surface area contributed by atoms with Crippen molar-refractivity contribution in [3.8, 4) is 0 Å². The summed E-state index contributed by atoms with van der Waals surface area (Å²) in [5.41, 5.74) is 0.134. The molecule has 0 heterocycles. The lowest BCUT2D eigenvalue weighted by molar-refractivity contribution is 0.299. The molecule has 0 spiro atoms. The van der Waals surface area contributed by atoms with E-state index >= 15 is 0 Å². The zero-order chi connectivity index (χ0) is 7.33. The van der Waals surface area contributed by atoms with Gasteiger partial charge in [-0.2, -0.15) is 0 Å². The number of nitrogens with one attached hydrogen (secondary N) is 2. The van der Waals surface area contributed by atoms with Crippen LogP contribution in [0.2, 0.25) is 0 Å². The zero-order valence-corrected chi connectivity index (χ0v) is 6.91. The molecule has 0 aliphatic carbocycles. The van der Waals surface area contributed by atoms with Crippen molar-refractivity contribution in [3.63, 3.8) is 0 Å². The van der Waals surface area contributed by atoms with Crippen molar-refractivity contribution >= 4 is 0 Å². The molecule has 0 saturated carbocycles. The molecule has 1 unspecified atom stereocenters.